The molecule has 0 fully saturated rings. The van der Waals surface area contributed by atoms with Gasteiger partial charge in [-0.3, -0.25) is 14.5 Å². The molecule has 9 nitrogen and oxygen atoms in total. The standard InChI is InChI=1S/C11H17NO8/c1-3-18-8(13)6-5-7(10(15)19-4-2)12-9(14)11(16)20-17/h7,17H,3-6H2,1-2H3,(H,12,14). The first kappa shape index (κ1) is 17.8. The molecule has 0 saturated heterocycles. The number of carbonyl (C=O) groups is 4. The number of hydrogen-bond acceptors (Lipinski definition) is 8. The van der Waals surface area contributed by atoms with Gasteiger partial charge in [-0.05, 0) is 20.3 Å². The molecule has 0 aliphatic carbocycles. The highest BCUT2D eigenvalue weighted by Crippen LogP contribution is 2.02. The maximum absolute atomic E-state index is 11.6. The molecule has 1 unspecified atom stereocenters. The summed E-state index contributed by atoms with van der Waals surface area (Å²) >= 11 is 0. The van der Waals surface area contributed by atoms with Gasteiger partial charge in [0.05, 0.1) is 13.2 Å². The minimum absolute atomic E-state index is 0.0645. The van der Waals surface area contributed by atoms with E-state index in [-0.39, 0.29) is 26.1 Å². The van der Waals surface area contributed by atoms with Gasteiger partial charge in [-0.2, -0.15) is 5.26 Å². The molecule has 0 aromatic heterocycles. The lowest BCUT2D eigenvalue weighted by Gasteiger charge is -2.15. The fraction of sp³-hybridized carbons (Fsp3) is 0.636. The van der Waals surface area contributed by atoms with Crippen molar-refractivity contribution in [3.63, 3.8) is 0 Å². The van der Waals surface area contributed by atoms with E-state index >= 15 is 0 Å². The van der Waals surface area contributed by atoms with Crippen LogP contribution in [0.2, 0.25) is 0 Å². The first-order chi connectivity index (χ1) is 9.46. The van der Waals surface area contributed by atoms with E-state index in [0.717, 1.165) is 0 Å². The molecule has 0 bridgehead atoms. The molecule has 1 atom stereocenters. The Bertz CT molecular complexity index is 367. The molecule has 0 saturated carbocycles. The number of amides is 1. The Balaban J connectivity index is 4.56. The van der Waals surface area contributed by atoms with Crippen molar-refractivity contribution in [1.82, 2.24) is 5.32 Å². The Morgan fingerprint density at radius 1 is 1.10 bits per heavy atom. The predicted molar refractivity (Wildman–Crippen MR) is 63.2 cm³/mol. The third kappa shape index (κ3) is 6.69. The fourth-order valence-electron chi connectivity index (χ4n) is 1.25. The average Bonchev–Trinajstić information content (AvgIpc) is 2.42. The van der Waals surface area contributed by atoms with Crippen molar-refractivity contribution < 1.29 is 38.8 Å². The molecule has 0 rings (SSSR count). The number of esters is 2. The highest BCUT2D eigenvalue weighted by Gasteiger charge is 2.27. The molecular formula is C11H17NO8. The summed E-state index contributed by atoms with van der Waals surface area (Å²) in [5.41, 5.74) is 0. The number of hydrogen-bond donors (Lipinski definition) is 2. The summed E-state index contributed by atoms with van der Waals surface area (Å²) in [5.74, 6) is -4.26. The van der Waals surface area contributed by atoms with Crippen LogP contribution < -0.4 is 5.32 Å². The fourth-order valence-corrected chi connectivity index (χ4v) is 1.25. The third-order valence-corrected chi connectivity index (χ3v) is 2.09. The molecule has 2 N–H and O–H groups in total. The molecule has 0 radical (unpaired) electrons. The molecule has 0 aromatic rings. The molecule has 9 heteroatoms. The molecule has 0 heterocycles. The van der Waals surface area contributed by atoms with Gasteiger partial charge >= 0.3 is 23.8 Å². The molecular weight excluding hydrogens is 274 g/mol. The Labute approximate surface area is 115 Å². The Kier molecular flexibility index (Phi) is 8.68. The second-order valence-corrected chi connectivity index (χ2v) is 3.50. The summed E-state index contributed by atoms with van der Waals surface area (Å²) in [6.07, 6.45) is -0.256. The second-order valence-electron chi connectivity index (χ2n) is 3.50. The van der Waals surface area contributed by atoms with E-state index in [9.17, 15) is 19.2 Å². The Morgan fingerprint density at radius 3 is 2.20 bits per heavy atom. The molecule has 0 aromatic carbocycles. The van der Waals surface area contributed by atoms with Gasteiger partial charge in [0.2, 0.25) is 0 Å². The smallest absolute Gasteiger partial charge is 0.429 e. The van der Waals surface area contributed by atoms with Crippen LogP contribution in [0.3, 0.4) is 0 Å². The minimum atomic E-state index is -1.57. The first-order valence-corrected chi connectivity index (χ1v) is 5.94. The summed E-state index contributed by atoms with van der Waals surface area (Å²) < 4.78 is 9.36. The van der Waals surface area contributed by atoms with Gasteiger partial charge in [-0.25, -0.2) is 9.59 Å². The van der Waals surface area contributed by atoms with Crippen molar-refractivity contribution in [3.8, 4) is 0 Å². The van der Waals surface area contributed by atoms with E-state index in [1.807, 2.05) is 5.32 Å². The molecule has 1 amide bonds. The van der Waals surface area contributed by atoms with Crippen LogP contribution in [0.15, 0.2) is 0 Å². The van der Waals surface area contributed by atoms with Crippen molar-refractivity contribution in [3.05, 3.63) is 0 Å². The van der Waals surface area contributed by atoms with Crippen molar-refractivity contribution in [2.24, 2.45) is 0 Å². The van der Waals surface area contributed by atoms with E-state index in [0.29, 0.717) is 0 Å². The zero-order valence-corrected chi connectivity index (χ0v) is 11.2. The van der Waals surface area contributed by atoms with E-state index < -0.39 is 29.9 Å². The largest absolute Gasteiger partial charge is 0.466 e. The number of nitrogens with one attached hydrogen (secondary N) is 1. The topological polar surface area (TPSA) is 128 Å². The van der Waals surface area contributed by atoms with Crippen LogP contribution >= 0.6 is 0 Å². The zero-order valence-electron chi connectivity index (χ0n) is 11.2. The van der Waals surface area contributed by atoms with Crippen molar-refractivity contribution in [2.75, 3.05) is 13.2 Å². The Morgan fingerprint density at radius 2 is 1.70 bits per heavy atom. The SMILES string of the molecule is CCOC(=O)CCC(NC(=O)C(=O)OO)C(=O)OCC. The van der Waals surface area contributed by atoms with Crippen LogP contribution in [-0.2, 0) is 33.5 Å². The van der Waals surface area contributed by atoms with Crippen LogP contribution in [0.1, 0.15) is 26.7 Å². The molecule has 114 valence electrons. The highest BCUT2D eigenvalue weighted by molar-refractivity contribution is 6.32. The Hall–Kier alpha value is -2.16. The lowest BCUT2D eigenvalue weighted by Crippen LogP contribution is -2.45. The maximum atomic E-state index is 11.6. The van der Waals surface area contributed by atoms with Gasteiger partial charge < -0.3 is 14.8 Å². The van der Waals surface area contributed by atoms with Gasteiger partial charge in [0.1, 0.15) is 6.04 Å². The van der Waals surface area contributed by atoms with E-state index in [1.54, 1.807) is 13.8 Å². The summed E-state index contributed by atoms with van der Waals surface area (Å²) in [6, 6.07) is -1.22. The van der Waals surface area contributed by atoms with Crippen molar-refractivity contribution >= 4 is 23.8 Å². The molecule has 0 aliphatic rings. The summed E-state index contributed by atoms with van der Waals surface area (Å²) in [5, 5.41) is 10.0. The second kappa shape index (κ2) is 9.73. The van der Waals surface area contributed by atoms with Crippen LogP contribution in [0, 0.1) is 0 Å². The monoisotopic (exact) mass is 291 g/mol. The van der Waals surface area contributed by atoms with E-state index in [4.69, 9.17) is 9.99 Å². The summed E-state index contributed by atoms with van der Waals surface area (Å²) in [4.78, 5) is 47.9. The van der Waals surface area contributed by atoms with Gasteiger partial charge in [0, 0.05) is 6.42 Å². The van der Waals surface area contributed by atoms with Crippen LogP contribution in [0.5, 0.6) is 0 Å². The van der Waals surface area contributed by atoms with Crippen LogP contribution in [0.25, 0.3) is 0 Å². The number of ether oxygens (including phenoxy) is 2. The molecule has 0 aliphatic heterocycles. The quantitative estimate of drug-likeness (QED) is 0.209. The van der Waals surface area contributed by atoms with E-state index in [2.05, 4.69) is 9.62 Å². The summed E-state index contributed by atoms with van der Waals surface area (Å²) in [7, 11) is 0. The van der Waals surface area contributed by atoms with Gasteiger partial charge in [0.25, 0.3) is 0 Å². The molecule has 20 heavy (non-hydrogen) atoms. The maximum Gasteiger partial charge on any atom is 0.429 e. The van der Waals surface area contributed by atoms with Gasteiger partial charge in [-0.1, -0.05) is 0 Å². The highest BCUT2D eigenvalue weighted by atomic mass is 17.1. The first-order valence-electron chi connectivity index (χ1n) is 5.94. The van der Waals surface area contributed by atoms with Gasteiger partial charge in [-0.15, -0.1) is 0 Å². The number of carbonyl (C=O) groups excluding carboxylic acids is 4. The zero-order chi connectivity index (χ0) is 15.5. The lowest BCUT2D eigenvalue weighted by molar-refractivity contribution is -0.232. The van der Waals surface area contributed by atoms with Crippen LogP contribution in [-0.4, -0.2) is 48.3 Å². The van der Waals surface area contributed by atoms with Crippen molar-refractivity contribution in [2.45, 2.75) is 32.7 Å². The van der Waals surface area contributed by atoms with Crippen molar-refractivity contribution in [1.29, 1.82) is 0 Å². The molecule has 0 spiro atoms. The van der Waals surface area contributed by atoms with E-state index in [1.165, 1.54) is 0 Å². The summed E-state index contributed by atoms with van der Waals surface area (Å²) in [6.45, 7) is 3.44. The van der Waals surface area contributed by atoms with Gasteiger partial charge in [0.15, 0.2) is 0 Å². The normalized spacial score (nSPS) is 11.2. The third-order valence-electron chi connectivity index (χ3n) is 2.09. The lowest BCUT2D eigenvalue weighted by atomic mass is 10.1. The predicted octanol–water partition coefficient (Wildman–Crippen LogP) is -0.606. The minimum Gasteiger partial charge on any atom is -0.466 e. The number of rotatable bonds is 7. The van der Waals surface area contributed by atoms with Crippen LogP contribution in [0.4, 0.5) is 0 Å². The average molecular weight is 291 g/mol.